The lowest BCUT2D eigenvalue weighted by atomic mass is 10.1. The Balaban J connectivity index is 2.17. The van der Waals surface area contributed by atoms with Crippen LogP contribution in [0, 0.1) is 6.92 Å². The fourth-order valence-electron chi connectivity index (χ4n) is 3.46. The minimum atomic E-state index is 0.293. The number of halogens is 1. The third-order valence-electron chi connectivity index (χ3n) is 4.36. The topological polar surface area (TPSA) is 27.1 Å². The van der Waals surface area contributed by atoms with E-state index in [9.17, 15) is 0 Å². The summed E-state index contributed by atoms with van der Waals surface area (Å²) >= 11 is 5.97. The van der Waals surface area contributed by atoms with Crippen LogP contribution >= 0.6 is 11.6 Å². The van der Waals surface area contributed by atoms with Crippen LogP contribution in [0.15, 0.2) is 18.2 Å². The largest absolute Gasteiger partial charge is 0.379 e. The number of hydrogen-bond acceptors (Lipinski definition) is 2. The second-order valence-corrected chi connectivity index (χ2v) is 5.93. The minimum Gasteiger partial charge on any atom is -0.379 e. The third kappa shape index (κ3) is 2.23. The monoisotopic (exact) mass is 292 g/mol. The lowest BCUT2D eigenvalue weighted by Gasteiger charge is -2.23. The van der Waals surface area contributed by atoms with E-state index in [4.69, 9.17) is 21.3 Å². The highest BCUT2D eigenvalue weighted by molar-refractivity contribution is 6.17. The number of aryl methyl sites for hydroxylation is 2. The molecule has 1 aromatic carbocycles. The molecule has 0 saturated heterocycles. The van der Waals surface area contributed by atoms with Gasteiger partial charge < -0.3 is 9.30 Å². The summed E-state index contributed by atoms with van der Waals surface area (Å²) in [5.74, 6) is 1.70. The first-order chi connectivity index (χ1) is 9.76. The van der Waals surface area contributed by atoms with Gasteiger partial charge in [-0.2, -0.15) is 0 Å². The standard InChI is InChI=1S/C16H21ClN2O/c1-11-5-3-6-12-16(11)19(15(18-12)9-10-17)13-7-4-8-14(13)20-2/h3,5-6,13-14H,4,7-10H2,1-2H3. The molecule has 1 fully saturated rings. The highest BCUT2D eigenvalue weighted by atomic mass is 35.5. The van der Waals surface area contributed by atoms with E-state index in [-0.39, 0.29) is 0 Å². The molecule has 1 aliphatic rings. The smallest absolute Gasteiger partial charge is 0.111 e. The molecule has 1 heterocycles. The van der Waals surface area contributed by atoms with Gasteiger partial charge in [-0.3, -0.25) is 0 Å². The first-order valence-corrected chi connectivity index (χ1v) is 7.85. The molecule has 2 aromatic rings. The van der Waals surface area contributed by atoms with Crippen LogP contribution in [0.1, 0.15) is 36.7 Å². The van der Waals surface area contributed by atoms with Gasteiger partial charge in [0.1, 0.15) is 5.82 Å². The van der Waals surface area contributed by atoms with Gasteiger partial charge in [-0.25, -0.2) is 4.98 Å². The zero-order chi connectivity index (χ0) is 14.1. The Morgan fingerprint density at radius 1 is 1.40 bits per heavy atom. The highest BCUT2D eigenvalue weighted by Crippen LogP contribution is 2.36. The van der Waals surface area contributed by atoms with Crippen molar-refractivity contribution >= 4 is 22.6 Å². The van der Waals surface area contributed by atoms with Gasteiger partial charge in [-0.15, -0.1) is 11.6 Å². The molecular formula is C16H21ClN2O. The first-order valence-electron chi connectivity index (χ1n) is 7.31. The molecule has 2 unspecified atom stereocenters. The van der Waals surface area contributed by atoms with Crippen molar-refractivity contribution in [2.75, 3.05) is 13.0 Å². The van der Waals surface area contributed by atoms with E-state index in [0.29, 0.717) is 18.0 Å². The van der Waals surface area contributed by atoms with Crippen molar-refractivity contribution in [1.82, 2.24) is 9.55 Å². The van der Waals surface area contributed by atoms with Crippen molar-refractivity contribution in [3.63, 3.8) is 0 Å². The van der Waals surface area contributed by atoms with Gasteiger partial charge in [0.05, 0.1) is 23.2 Å². The molecule has 0 bridgehead atoms. The van der Waals surface area contributed by atoms with E-state index in [1.54, 1.807) is 0 Å². The van der Waals surface area contributed by atoms with E-state index in [0.717, 1.165) is 30.6 Å². The van der Waals surface area contributed by atoms with E-state index in [2.05, 4.69) is 29.7 Å². The Labute approximate surface area is 124 Å². The van der Waals surface area contributed by atoms with Gasteiger partial charge >= 0.3 is 0 Å². The van der Waals surface area contributed by atoms with Gasteiger partial charge in [0.2, 0.25) is 0 Å². The quantitative estimate of drug-likeness (QED) is 0.800. The average molecular weight is 293 g/mol. The Bertz CT molecular complexity index is 608. The van der Waals surface area contributed by atoms with E-state index in [1.165, 1.54) is 17.5 Å². The van der Waals surface area contributed by atoms with Crippen LogP contribution in [-0.2, 0) is 11.2 Å². The molecule has 0 radical (unpaired) electrons. The van der Waals surface area contributed by atoms with E-state index < -0.39 is 0 Å². The molecule has 0 aliphatic heterocycles. The Morgan fingerprint density at radius 2 is 2.25 bits per heavy atom. The Kier molecular flexibility index (Phi) is 3.99. The molecule has 3 nitrogen and oxygen atoms in total. The number of aromatic nitrogens is 2. The number of ether oxygens (including phenoxy) is 1. The zero-order valence-electron chi connectivity index (χ0n) is 12.1. The predicted octanol–water partition coefficient (Wildman–Crippen LogP) is 3.87. The molecule has 0 amide bonds. The summed E-state index contributed by atoms with van der Waals surface area (Å²) in [5.41, 5.74) is 3.60. The average Bonchev–Trinajstić information content (AvgIpc) is 3.02. The number of alkyl halides is 1. The van der Waals surface area contributed by atoms with Gasteiger partial charge in [-0.05, 0) is 37.8 Å². The molecule has 4 heteroatoms. The van der Waals surface area contributed by atoms with Crippen LogP contribution in [0.5, 0.6) is 0 Å². The van der Waals surface area contributed by atoms with Gasteiger partial charge in [0.25, 0.3) is 0 Å². The second kappa shape index (κ2) is 5.74. The molecule has 1 aliphatic carbocycles. The molecule has 3 rings (SSSR count). The van der Waals surface area contributed by atoms with E-state index in [1.807, 2.05) is 7.11 Å². The number of nitrogens with zero attached hydrogens (tertiary/aromatic N) is 2. The molecule has 2 atom stereocenters. The molecule has 1 aromatic heterocycles. The lowest BCUT2D eigenvalue weighted by molar-refractivity contribution is 0.0753. The van der Waals surface area contributed by atoms with Crippen LogP contribution in [0.2, 0.25) is 0 Å². The first kappa shape index (κ1) is 13.9. The number of benzene rings is 1. The zero-order valence-corrected chi connectivity index (χ0v) is 12.9. The number of rotatable bonds is 4. The number of methoxy groups -OCH3 is 1. The summed E-state index contributed by atoms with van der Waals surface area (Å²) in [4.78, 5) is 4.80. The summed E-state index contributed by atoms with van der Waals surface area (Å²) < 4.78 is 8.08. The maximum atomic E-state index is 5.97. The summed E-state index contributed by atoms with van der Waals surface area (Å²) in [6, 6.07) is 6.71. The number of hydrogen-bond donors (Lipinski definition) is 0. The minimum absolute atomic E-state index is 0.293. The predicted molar refractivity (Wildman–Crippen MR) is 82.6 cm³/mol. The lowest BCUT2D eigenvalue weighted by Crippen LogP contribution is -2.22. The SMILES string of the molecule is COC1CCCC1n1c(CCCl)nc2cccc(C)c21. The Morgan fingerprint density at radius 3 is 3.00 bits per heavy atom. The summed E-state index contributed by atoms with van der Waals surface area (Å²) in [6.45, 7) is 2.15. The summed E-state index contributed by atoms with van der Waals surface area (Å²) in [5, 5.41) is 0. The second-order valence-electron chi connectivity index (χ2n) is 5.55. The van der Waals surface area contributed by atoms with Crippen LogP contribution in [-0.4, -0.2) is 28.6 Å². The molecule has 0 N–H and O–H groups in total. The molecule has 108 valence electrons. The van der Waals surface area contributed by atoms with Gasteiger partial charge in [0.15, 0.2) is 0 Å². The van der Waals surface area contributed by atoms with Crippen molar-refractivity contribution in [3.05, 3.63) is 29.6 Å². The maximum absolute atomic E-state index is 5.97. The van der Waals surface area contributed by atoms with Crippen LogP contribution in [0.4, 0.5) is 0 Å². The van der Waals surface area contributed by atoms with Crippen molar-refractivity contribution in [2.24, 2.45) is 0 Å². The Hall–Kier alpha value is -1.06. The van der Waals surface area contributed by atoms with Crippen molar-refractivity contribution in [3.8, 4) is 0 Å². The molecular weight excluding hydrogens is 272 g/mol. The van der Waals surface area contributed by atoms with Crippen molar-refractivity contribution in [2.45, 2.75) is 44.8 Å². The fraction of sp³-hybridized carbons (Fsp3) is 0.562. The maximum Gasteiger partial charge on any atom is 0.111 e. The molecule has 0 spiro atoms. The van der Waals surface area contributed by atoms with E-state index >= 15 is 0 Å². The fourth-order valence-corrected chi connectivity index (χ4v) is 3.63. The summed E-state index contributed by atoms with van der Waals surface area (Å²) in [6.07, 6.45) is 4.61. The van der Waals surface area contributed by atoms with Crippen LogP contribution in [0.25, 0.3) is 11.0 Å². The summed E-state index contributed by atoms with van der Waals surface area (Å²) in [7, 11) is 1.82. The van der Waals surface area contributed by atoms with Crippen LogP contribution < -0.4 is 0 Å². The van der Waals surface area contributed by atoms with Crippen molar-refractivity contribution in [1.29, 1.82) is 0 Å². The normalized spacial score (nSPS) is 22.8. The number of imidazole rings is 1. The molecule has 20 heavy (non-hydrogen) atoms. The van der Waals surface area contributed by atoms with Crippen molar-refractivity contribution < 1.29 is 4.74 Å². The highest BCUT2D eigenvalue weighted by Gasteiger charge is 2.31. The molecule has 1 saturated carbocycles. The third-order valence-corrected chi connectivity index (χ3v) is 4.54. The number of para-hydroxylation sites is 1. The number of fused-ring (bicyclic) bond motifs is 1. The van der Waals surface area contributed by atoms with Gasteiger partial charge in [-0.1, -0.05) is 12.1 Å². The van der Waals surface area contributed by atoms with Crippen LogP contribution in [0.3, 0.4) is 0 Å². The van der Waals surface area contributed by atoms with Gasteiger partial charge in [0, 0.05) is 19.4 Å².